The van der Waals surface area contributed by atoms with Gasteiger partial charge in [0.1, 0.15) is 19.8 Å². The van der Waals surface area contributed by atoms with Gasteiger partial charge in [0.2, 0.25) is 0 Å². The number of phosphoric ester groups is 1. The first kappa shape index (κ1) is 54.2. The lowest BCUT2D eigenvalue weighted by Crippen LogP contribution is -2.37. The molecule has 0 fully saturated rings. The highest BCUT2D eigenvalue weighted by Gasteiger charge is 2.27. The number of hydrogen-bond donors (Lipinski definition) is 1. The van der Waals surface area contributed by atoms with Crippen molar-refractivity contribution in [3.8, 4) is 0 Å². The van der Waals surface area contributed by atoms with E-state index in [0.717, 1.165) is 38.5 Å². The molecular formula is C46H87NO8P+. The minimum absolute atomic E-state index is 0.0216. The van der Waals surface area contributed by atoms with E-state index < -0.39 is 32.5 Å². The van der Waals surface area contributed by atoms with Crippen LogP contribution >= 0.6 is 7.82 Å². The number of unbranched alkanes of at least 4 members (excludes halogenated alkanes) is 21. The van der Waals surface area contributed by atoms with Crippen molar-refractivity contribution < 1.29 is 42.1 Å². The van der Waals surface area contributed by atoms with Gasteiger partial charge in [0.15, 0.2) is 6.10 Å². The van der Waals surface area contributed by atoms with Crippen molar-refractivity contribution in [3.05, 3.63) is 36.5 Å². The lowest BCUT2D eigenvalue weighted by molar-refractivity contribution is -0.870. The predicted molar refractivity (Wildman–Crippen MR) is 234 cm³/mol. The maximum absolute atomic E-state index is 12.7. The van der Waals surface area contributed by atoms with Crippen molar-refractivity contribution in [2.45, 2.75) is 200 Å². The van der Waals surface area contributed by atoms with Crippen molar-refractivity contribution in [1.29, 1.82) is 0 Å². The SMILES string of the molecule is CCCCCCCCCCC/C=C/C/C=C/CCCC(=O)O[C@H](COC(=O)CCCC/C=C/CCCCCCCCCCC)COP(=O)(O)OCC[N+](C)(C)C. The van der Waals surface area contributed by atoms with Crippen LogP contribution < -0.4 is 0 Å². The van der Waals surface area contributed by atoms with Crippen molar-refractivity contribution in [1.82, 2.24) is 0 Å². The number of carbonyl (C=O) groups is 2. The Hall–Kier alpha value is -1.77. The summed E-state index contributed by atoms with van der Waals surface area (Å²) in [5, 5.41) is 0. The molecule has 0 heterocycles. The zero-order valence-corrected chi connectivity index (χ0v) is 37.8. The van der Waals surface area contributed by atoms with Crippen LogP contribution in [0.25, 0.3) is 0 Å². The number of esters is 2. The van der Waals surface area contributed by atoms with Crippen LogP contribution in [0.15, 0.2) is 36.5 Å². The van der Waals surface area contributed by atoms with Gasteiger partial charge < -0.3 is 18.9 Å². The maximum atomic E-state index is 12.7. The van der Waals surface area contributed by atoms with Crippen LogP contribution in [0.1, 0.15) is 194 Å². The van der Waals surface area contributed by atoms with E-state index in [1.165, 1.54) is 116 Å². The highest BCUT2D eigenvalue weighted by molar-refractivity contribution is 7.47. The number of rotatable bonds is 41. The maximum Gasteiger partial charge on any atom is 0.472 e. The molecule has 0 rings (SSSR count). The van der Waals surface area contributed by atoms with Gasteiger partial charge in [0, 0.05) is 12.8 Å². The average molecular weight is 813 g/mol. The molecule has 0 saturated heterocycles. The van der Waals surface area contributed by atoms with Crippen molar-refractivity contribution in [2.24, 2.45) is 0 Å². The summed E-state index contributed by atoms with van der Waals surface area (Å²) in [7, 11) is 1.44. The van der Waals surface area contributed by atoms with Crippen LogP contribution in [-0.4, -0.2) is 74.9 Å². The molecular weight excluding hydrogens is 725 g/mol. The molecule has 328 valence electrons. The summed E-state index contributed by atoms with van der Waals surface area (Å²) < 4.78 is 34.2. The topological polar surface area (TPSA) is 108 Å². The third-order valence-corrected chi connectivity index (χ3v) is 10.6. The summed E-state index contributed by atoms with van der Waals surface area (Å²) in [5.74, 6) is -0.875. The van der Waals surface area contributed by atoms with Crippen LogP contribution in [0, 0.1) is 0 Å². The molecule has 0 aromatic rings. The summed E-state index contributed by atoms with van der Waals surface area (Å²) in [5.41, 5.74) is 0. The van der Waals surface area contributed by atoms with Gasteiger partial charge >= 0.3 is 19.8 Å². The van der Waals surface area contributed by atoms with Gasteiger partial charge in [0.25, 0.3) is 0 Å². The van der Waals surface area contributed by atoms with Gasteiger partial charge in [-0.3, -0.25) is 18.6 Å². The number of nitrogens with zero attached hydrogens (tertiary/aromatic N) is 1. The molecule has 56 heavy (non-hydrogen) atoms. The van der Waals surface area contributed by atoms with Gasteiger partial charge in [-0.1, -0.05) is 153 Å². The number of likely N-dealkylation sites (N-methyl/N-ethyl adjacent to an activating group) is 1. The number of ether oxygens (including phenoxy) is 2. The minimum atomic E-state index is -4.39. The zero-order chi connectivity index (χ0) is 41.4. The van der Waals surface area contributed by atoms with Crippen molar-refractivity contribution >= 4 is 19.8 Å². The number of hydrogen-bond acceptors (Lipinski definition) is 7. The second kappa shape index (κ2) is 38.7. The Morgan fingerprint density at radius 1 is 0.554 bits per heavy atom. The molecule has 0 spiro atoms. The second-order valence-corrected chi connectivity index (χ2v) is 17.9. The molecule has 0 aromatic heterocycles. The zero-order valence-electron chi connectivity index (χ0n) is 36.9. The van der Waals surface area contributed by atoms with E-state index in [1.807, 2.05) is 21.1 Å². The first-order chi connectivity index (χ1) is 27.0. The highest BCUT2D eigenvalue weighted by atomic mass is 31.2. The summed E-state index contributed by atoms with van der Waals surface area (Å²) in [6.45, 7) is 4.36. The van der Waals surface area contributed by atoms with Crippen molar-refractivity contribution in [2.75, 3.05) is 47.5 Å². The smallest absolute Gasteiger partial charge is 0.462 e. The minimum Gasteiger partial charge on any atom is -0.462 e. The second-order valence-electron chi connectivity index (χ2n) is 16.4. The molecule has 0 aliphatic carbocycles. The fraction of sp³-hybridized carbons (Fsp3) is 0.826. The molecule has 9 nitrogen and oxygen atoms in total. The molecule has 0 bridgehead atoms. The van der Waals surface area contributed by atoms with E-state index in [1.54, 1.807) is 0 Å². The third-order valence-electron chi connectivity index (χ3n) is 9.64. The lowest BCUT2D eigenvalue weighted by Gasteiger charge is -2.24. The molecule has 0 aromatic carbocycles. The Bertz CT molecular complexity index is 1050. The summed E-state index contributed by atoms with van der Waals surface area (Å²) in [6, 6.07) is 0. The van der Waals surface area contributed by atoms with E-state index in [4.69, 9.17) is 18.5 Å². The summed E-state index contributed by atoms with van der Waals surface area (Å²) in [6.07, 6.45) is 43.5. The molecule has 0 aliphatic heterocycles. The highest BCUT2D eigenvalue weighted by Crippen LogP contribution is 2.43. The van der Waals surface area contributed by atoms with E-state index in [-0.39, 0.29) is 26.1 Å². The van der Waals surface area contributed by atoms with Gasteiger partial charge in [-0.15, -0.1) is 0 Å². The first-order valence-corrected chi connectivity index (χ1v) is 24.2. The fourth-order valence-electron chi connectivity index (χ4n) is 6.05. The van der Waals surface area contributed by atoms with E-state index in [9.17, 15) is 19.0 Å². The standard InChI is InChI=1S/C46H86NO8P/c1-6-8-10-12-14-16-18-20-22-23-25-27-29-31-33-35-37-39-46(49)55-44(43-54-56(50,51)53-41-40-47(3,4)5)42-52-45(48)38-36-34-32-30-28-26-24-21-19-17-15-13-11-9-7-2/h25,27-28,30-31,33,44H,6-24,26,29,32,34-43H2,1-5H3/p+1/b27-25+,30-28+,33-31+/t44-/m1/s1. The first-order valence-electron chi connectivity index (χ1n) is 22.7. The number of carbonyl (C=O) groups excluding carboxylic acids is 2. The van der Waals surface area contributed by atoms with Gasteiger partial charge in [0.05, 0.1) is 27.7 Å². The Labute approximate surface area is 344 Å². The molecule has 0 radical (unpaired) electrons. The van der Waals surface area contributed by atoms with Crippen LogP contribution in [0.3, 0.4) is 0 Å². The monoisotopic (exact) mass is 813 g/mol. The molecule has 2 atom stereocenters. The summed E-state index contributed by atoms with van der Waals surface area (Å²) >= 11 is 0. The van der Waals surface area contributed by atoms with E-state index >= 15 is 0 Å². The molecule has 10 heteroatoms. The van der Waals surface area contributed by atoms with Crippen LogP contribution in [0.2, 0.25) is 0 Å². The average Bonchev–Trinajstić information content (AvgIpc) is 3.15. The van der Waals surface area contributed by atoms with Gasteiger partial charge in [-0.05, 0) is 64.2 Å². The van der Waals surface area contributed by atoms with Crippen LogP contribution in [0.5, 0.6) is 0 Å². The number of phosphoric acid groups is 1. The predicted octanol–water partition coefficient (Wildman–Crippen LogP) is 12.9. The van der Waals surface area contributed by atoms with E-state index in [0.29, 0.717) is 23.9 Å². The lowest BCUT2D eigenvalue weighted by atomic mass is 10.1. The van der Waals surface area contributed by atoms with Gasteiger partial charge in [-0.2, -0.15) is 0 Å². The van der Waals surface area contributed by atoms with Gasteiger partial charge in [-0.25, -0.2) is 4.57 Å². The normalized spacial score (nSPS) is 13.9. The van der Waals surface area contributed by atoms with Crippen LogP contribution in [0.4, 0.5) is 0 Å². The fourth-order valence-corrected chi connectivity index (χ4v) is 6.79. The quantitative estimate of drug-likeness (QED) is 0.0214. The van der Waals surface area contributed by atoms with Crippen LogP contribution in [-0.2, 0) is 32.7 Å². The molecule has 0 aliphatic rings. The Kier molecular flexibility index (Phi) is 37.5. The Morgan fingerprint density at radius 3 is 1.48 bits per heavy atom. The largest absolute Gasteiger partial charge is 0.472 e. The molecule has 0 amide bonds. The molecule has 0 saturated carbocycles. The van der Waals surface area contributed by atoms with E-state index in [2.05, 4.69) is 50.3 Å². The third kappa shape index (κ3) is 41.9. The number of allylic oxidation sites excluding steroid dienone is 6. The molecule has 1 unspecified atom stereocenters. The molecule has 1 N–H and O–H groups in total. The Morgan fingerprint density at radius 2 is 0.982 bits per heavy atom. The number of quaternary nitrogens is 1. The van der Waals surface area contributed by atoms with Crippen molar-refractivity contribution in [3.63, 3.8) is 0 Å². The Balaban J connectivity index is 4.43. The summed E-state index contributed by atoms with van der Waals surface area (Å²) in [4.78, 5) is 35.3.